The minimum atomic E-state index is -0.356. The maximum Gasteiger partial charge on any atom is 0.251 e. The Morgan fingerprint density at radius 3 is 2.57 bits per heavy atom. The van der Waals surface area contributed by atoms with Crippen LogP contribution < -0.4 is 14.4 Å². The van der Waals surface area contributed by atoms with Gasteiger partial charge < -0.3 is 9.47 Å². The molecule has 0 saturated carbocycles. The van der Waals surface area contributed by atoms with Crippen LogP contribution in [0.15, 0.2) is 42.5 Å². The summed E-state index contributed by atoms with van der Waals surface area (Å²) in [5, 5.41) is 0. The minimum Gasteiger partial charge on any atom is -0.454 e. The van der Waals surface area contributed by atoms with Crippen molar-refractivity contribution >= 4 is 17.5 Å². The van der Waals surface area contributed by atoms with Gasteiger partial charge in [-0.2, -0.15) is 0 Å². The number of amides is 2. The molecule has 2 amide bonds. The Kier molecular flexibility index (Phi) is 4.92. The number of hydrogen-bond acceptors (Lipinski definition) is 6. The summed E-state index contributed by atoms with van der Waals surface area (Å²) in [6, 6.07) is 13.3. The van der Waals surface area contributed by atoms with Gasteiger partial charge in [-0.15, -0.1) is 0 Å². The number of hydrogen-bond donors (Lipinski definition) is 0. The van der Waals surface area contributed by atoms with E-state index in [1.807, 2.05) is 43.3 Å². The average Bonchev–Trinajstić information content (AvgIpc) is 3.32. The van der Waals surface area contributed by atoms with E-state index in [0.29, 0.717) is 5.69 Å². The lowest BCUT2D eigenvalue weighted by Gasteiger charge is -2.37. The number of rotatable bonds is 4. The highest BCUT2D eigenvalue weighted by atomic mass is 16.7. The Balaban J connectivity index is 1.20. The fourth-order valence-corrected chi connectivity index (χ4v) is 4.47. The first-order valence-corrected chi connectivity index (χ1v) is 10.4. The zero-order valence-corrected chi connectivity index (χ0v) is 17.0. The number of anilines is 1. The van der Waals surface area contributed by atoms with Crippen molar-refractivity contribution in [1.29, 1.82) is 0 Å². The van der Waals surface area contributed by atoms with E-state index in [1.165, 1.54) is 10.5 Å². The molecule has 3 aliphatic rings. The summed E-state index contributed by atoms with van der Waals surface area (Å²) >= 11 is 0. The van der Waals surface area contributed by atoms with Crippen LogP contribution >= 0.6 is 0 Å². The Labute approximate surface area is 175 Å². The number of ether oxygens (including phenoxy) is 2. The van der Waals surface area contributed by atoms with Gasteiger partial charge in [-0.25, -0.2) is 4.90 Å². The van der Waals surface area contributed by atoms with E-state index in [2.05, 4.69) is 15.9 Å². The van der Waals surface area contributed by atoms with Gasteiger partial charge in [0.1, 0.15) is 0 Å². The first-order valence-electron chi connectivity index (χ1n) is 10.4. The fourth-order valence-electron chi connectivity index (χ4n) is 4.47. The van der Waals surface area contributed by atoms with Gasteiger partial charge in [-0.3, -0.25) is 19.4 Å². The second-order valence-corrected chi connectivity index (χ2v) is 8.13. The normalized spacial score (nSPS) is 22.2. The number of fused-ring (bicyclic) bond motifs is 1. The number of aryl methyl sites for hydroxylation is 1. The number of carbonyl (C=O) groups excluding carboxylic acids is 2. The molecule has 30 heavy (non-hydrogen) atoms. The van der Waals surface area contributed by atoms with Crippen molar-refractivity contribution in [2.45, 2.75) is 25.9 Å². The van der Waals surface area contributed by atoms with E-state index in [1.54, 1.807) is 0 Å². The lowest BCUT2D eigenvalue weighted by atomic mass is 10.1. The molecule has 0 unspecified atom stereocenters. The number of carbonyl (C=O) groups is 2. The van der Waals surface area contributed by atoms with Gasteiger partial charge >= 0.3 is 0 Å². The maximum absolute atomic E-state index is 13.0. The van der Waals surface area contributed by atoms with Crippen LogP contribution in [0.5, 0.6) is 11.5 Å². The Hall–Kier alpha value is -2.90. The topological polar surface area (TPSA) is 62.3 Å². The summed E-state index contributed by atoms with van der Waals surface area (Å²) in [6.45, 7) is 6.34. The molecule has 0 aromatic heterocycles. The second-order valence-electron chi connectivity index (χ2n) is 8.13. The molecule has 156 valence electrons. The summed E-state index contributed by atoms with van der Waals surface area (Å²) in [5.41, 5.74) is 2.90. The molecule has 5 rings (SSSR count). The first kappa shape index (κ1) is 19.1. The molecule has 7 nitrogen and oxygen atoms in total. The maximum atomic E-state index is 13.0. The second kappa shape index (κ2) is 7.74. The van der Waals surface area contributed by atoms with E-state index in [0.717, 1.165) is 49.8 Å². The molecule has 3 aliphatic heterocycles. The monoisotopic (exact) mass is 407 g/mol. The number of nitrogens with zero attached hydrogens (tertiary/aromatic N) is 3. The van der Waals surface area contributed by atoms with Crippen LogP contribution in [-0.4, -0.2) is 60.6 Å². The molecule has 2 aromatic rings. The lowest BCUT2D eigenvalue weighted by Crippen LogP contribution is -2.52. The van der Waals surface area contributed by atoms with E-state index >= 15 is 0 Å². The highest BCUT2D eigenvalue weighted by Gasteiger charge is 2.43. The smallest absolute Gasteiger partial charge is 0.251 e. The molecule has 0 radical (unpaired) electrons. The van der Waals surface area contributed by atoms with Crippen LogP contribution in [0.4, 0.5) is 5.69 Å². The van der Waals surface area contributed by atoms with Crippen molar-refractivity contribution in [2.24, 2.45) is 0 Å². The van der Waals surface area contributed by atoms with Crippen molar-refractivity contribution in [3.8, 4) is 11.5 Å². The molecule has 3 heterocycles. The van der Waals surface area contributed by atoms with E-state index in [4.69, 9.17) is 9.47 Å². The van der Waals surface area contributed by atoms with Gasteiger partial charge in [-0.05, 0) is 42.3 Å². The quantitative estimate of drug-likeness (QED) is 0.724. The predicted molar refractivity (Wildman–Crippen MR) is 111 cm³/mol. The summed E-state index contributed by atoms with van der Waals surface area (Å²) in [4.78, 5) is 31.5. The van der Waals surface area contributed by atoms with Crippen LogP contribution in [0.1, 0.15) is 17.5 Å². The van der Waals surface area contributed by atoms with Gasteiger partial charge in [-0.1, -0.05) is 18.2 Å². The zero-order valence-electron chi connectivity index (χ0n) is 17.0. The van der Waals surface area contributed by atoms with Crippen LogP contribution in [-0.2, 0) is 16.1 Å². The molecule has 0 spiro atoms. The summed E-state index contributed by atoms with van der Waals surface area (Å²) in [6.07, 6.45) is 0.259. The third-order valence-corrected chi connectivity index (χ3v) is 6.07. The Bertz CT molecular complexity index is 984. The molecule has 7 heteroatoms. The molecule has 2 fully saturated rings. The third kappa shape index (κ3) is 3.55. The lowest BCUT2D eigenvalue weighted by molar-refractivity contribution is -0.123. The van der Waals surface area contributed by atoms with E-state index in [9.17, 15) is 9.59 Å². The van der Waals surface area contributed by atoms with Crippen molar-refractivity contribution in [1.82, 2.24) is 9.80 Å². The molecule has 1 atom stereocenters. The molecule has 0 bridgehead atoms. The molecular formula is C23H25N3O4. The number of piperazine rings is 1. The number of imide groups is 1. The summed E-state index contributed by atoms with van der Waals surface area (Å²) in [7, 11) is 0. The standard InChI is InChI=1S/C23H25N3O4/c1-16-3-2-4-18(11-16)26-22(27)13-19(23(26)28)25-9-7-24(8-10-25)14-17-5-6-20-21(12-17)30-15-29-20/h2-6,11-12,19H,7-10,13-15H2,1H3/t19-/m1/s1. The number of benzene rings is 2. The molecule has 0 aliphatic carbocycles. The highest BCUT2D eigenvalue weighted by molar-refractivity contribution is 6.22. The third-order valence-electron chi connectivity index (χ3n) is 6.07. The van der Waals surface area contributed by atoms with Crippen molar-refractivity contribution < 1.29 is 19.1 Å². The summed E-state index contributed by atoms with van der Waals surface area (Å²) in [5.74, 6) is 1.39. The zero-order chi connectivity index (χ0) is 20.7. The SMILES string of the molecule is Cc1cccc(N2C(=O)C[C@@H](N3CCN(Cc4ccc5c(c4)OCO5)CC3)C2=O)c1. The molecular weight excluding hydrogens is 382 g/mol. The average molecular weight is 407 g/mol. The van der Waals surface area contributed by atoms with Crippen LogP contribution in [0, 0.1) is 6.92 Å². The van der Waals surface area contributed by atoms with Gasteiger partial charge in [0.2, 0.25) is 12.7 Å². The minimum absolute atomic E-state index is 0.102. The first-order chi connectivity index (χ1) is 14.6. The molecule has 2 saturated heterocycles. The Morgan fingerprint density at radius 2 is 1.77 bits per heavy atom. The van der Waals surface area contributed by atoms with Crippen molar-refractivity contribution in [2.75, 3.05) is 37.9 Å². The highest BCUT2D eigenvalue weighted by Crippen LogP contribution is 2.33. The molecule has 0 N–H and O–H groups in total. The van der Waals surface area contributed by atoms with E-state index in [-0.39, 0.29) is 31.1 Å². The largest absolute Gasteiger partial charge is 0.454 e. The summed E-state index contributed by atoms with van der Waals surface area (Å²) < 4.78 is 10.8. The van der Waals surface area contributed by atoms with Crippen LogP contribution in [0.3, 0.4) is 0 Å². The van der Waals surface area contributed by atoms with Crippen molar-refractivity contribution in [3.05, 3.63) is 53.6 Å². The molecule has 2 aromatic carbocycles. The van der Waals surface area contributed by atoms with Crippen molar-refractivity contribution in [3.63, 3.8) is 0 Å². The van der Waals surface area contributed by atoms with Gasteiger partial charge in [0.25, 0.3) is 5.91 Å². The van der Waals surface area contributed by atoms with E-state index < -0.39 is 0 Å². The van der Waals surface area contributed by atoms with Gasteiger partial charge in [0, 0.05) is 32.7 Å². The van der Waals surface area contributed by atoms with Crippen LogP contribution in [0.25, 0.3) is 0 Å². The van der Waals surface area contributed by atoms with Gasteiger partial charge in [0.15, 0.2) is 11.5 Å². The fraction of sp³-hybridized carbons (Fsp3) is 0.391. The van der Waals surface area contributed by atoms with Crippen LogP contribution in [0.2, 0.25) is 0 Å². The Morgan fingerprint density at radius 1 is 0.967 bits per heavy atom. The van der Waals surface area contributed by atoms with Gasteiger partial charge in [0.05, 0.1) is 18.2 Å². The predicted octanol–water partition coefficient (Wildman–Crippen LogP) is 2.17.